The van der Waals surface area contributed by atoms with E-state index in [0.29, 0.717) is 12.1 Å². The molecule has 0 aliphatic heterocycles. The molecule has 2 N–H and O–H groups in total. The van der Waals surface area contributed by atoms with Crippen LogP contribution in [0.1, 0.15) is 33.1 Å². The molecule has 2 unspecified atom stereocenters. The van der Waals surface area contributed by atoms with E-state index >= 15 is 0 Å². The van der Waals surface area contributed by atoms with E-state index in [4.69, 9.17) is 5.73 Å². The topological polar surface area (TPSA) is 29.3 Å². The fourth-order valence-electron chi connectivity index (χ4n) is 1.67. The molecule has 0 aliphatic carbocycles. The maximum atomic E-state index is 5.78. The van der Waals surface area contributed by atoms with Crippen LogP contribution >= 0.6 is 11.8 Å². The summed E-state index contributed by atoms with van der Waals surface area (Å²) in [5.41, 5.74) is 5.78. The molecule has 3 heteroatoms. The SMILES string of the molecule is CCCC(CN)N(C)C(C)CCSC. The third kappa shape index (κ3) is 5.23. The second-order valence-corrected chi connectivity index (χ2v) is 4.96. The first-order valence-electron chi connectivity index (χ1n) is 5.58. The van der Waals surface area contributed by atoms with Crippen LogP contribution in [0.15, 0.2) is 0 Å². The number of rotatable bonds is 8. The zero-order chi connectivity index (χ0) is 11.0. The lowest BCUT2D eigenvalue weighted by Crippen LogP contribution is -2.43. The minimum absolute atomic E-state index is 0.567. The molecule has 2 nitrogen and oxygen atoms in total. The van der Waals surface area contributed by atoms with Gasteiger partial charge < -0.3 is 5.73 Å². The van der Waals surface area contributed by atoms with Gasteiger partial charge in [-0.1, -0.05) is 13.3 Å². The summed E-state index contributed by atoms with van der Waals surface area (Å²) in [5.74, 6) is 1.24. The van der Waals surface area contributed by atoms with Gasteiger partial charge >= 0.3 is 0 Å². The highest BCUT2D eigenvalue weighted by molar-refractivity contribution is 7.98. The quantitative estimate of drug-likeness (QED) is 0.677. The van der Waals surface area contributed by atoms with Gasteiger partial charge in [-0.2, -0.15) is 11.8 Å². The Morgan fingerprint density at radius 3 is 2.43 bits per heavy atom. The van der Waals surface area contributed by atoms with E-state index in [1.54, 1.807) is 0 Å². The molecule has 0 saturated carbocycles. The zero-order valence-corrected chi connectivity index (χ0v) is 10.9. The van der Waals surface area contributed by atoms with Gasteiger partial charge in [-0.15, -0.1) is 0 Å². The highest BCUT2D eigenvalue weighted by atomic mass is 32.2. The lowest BCUT2D eigenvalue weighted by Gasteiger charge is -2.32. The first-order chi connectivity index (χ1) is 6.67. The molecule has 0 heterocycles. The number of nitrogens with two attached hydrogens (primary N) is 1. The van der Waals surface area contributed by atoms with Gasteiger partial charge in [0.25, 0.3) is 0 Å². The Morgan fingerprint density at radius 2 is 2.00 bits per heavy atom. The molecule has 0 saturated heterocycles. The summed E-state index contributed by atoms with van der Waals surface area (Å²) in [7, 11) is 2.21. The van der Waals surface area contributed by atoms with Crippen molar-refractivity contribution < 1.29 is 0 Å². The van der Waals surface area contributed by atoms with Gasteiger partial charge in [-0.25, -0.2) is 0 Å². The standard InChI is InChI=1S/C11H26N2S/c1-5-6-11(9-12)13(3)10(2)7-8-14-4/h10-11H,5-9,12H2,1-4H3. The predicted octanol–water partition coefficient (Wildman–Crippen LogP) is 2.19. The fraction of sp³-hybridized carbons (Fsp3) is 1.00. The molecule has 0 spiro atoms. The molecule has 0 aliphatic rings. The lowest BCUT2D eigenvalue weighted by atomic mass is 10.1. The van der Waals surface area contributed by atoms with E-state index < -0.39 is 0 Å². The van der Waals surface area contributed by atoms with Gasteiger partial charge in [0.15, 0.2) is 0 Å². The Morgan fingerprint density at radius 1 is 1.36 bits per heavy atom. The van der Waals surface area contributed by atoms with E-state index in [1.165, 1.54) is 25.0 Å². The van der Waals surface area contributed by atoms with Gasteiger partial charge in [-0.3, -0.25) is 4.90 Å². The number of nitrogens with zero attached hydrogens (tertiary/aromatic N) is 1. The van der Waals surface area contributed by atoms with Gasteiger partial charge in [0, 0.05) is 18.6 Å². The average molecular weight is 218 g/mol. The second-order valence-electron chi connectivity index (χ2n) is 3.97. The van der Waals surface area contributed by atoms with E-state index in [9.17, 15) is 0 Å². The van der Waals surface area contributed by atoms with Crippen LogP contribution < -0.4 is 5.73 Å². The Hall–Kier alpha value is 0.270. The van der Waals surface area contributed by atoms with Crippen LogP contribution in [0.2, 0.25) is 0 Å². The number of thioether (sulfide) groups is 1. The molecule has 0 radical (unpaired) electrons. The molecule has 86 valence electrons. The van der Waals surface area contributed by atoms with Crippen molar-refractivity contribution in [1.82, 2.24) is 4.90 Å². The molecule has 0 bridgehead atoms. The Kier molecular flexibility index (Phi) is 8.73. The normalized spacial score (nSPS) is 15.9. The van der Waals surface area contributed by atoms with Crippen molar-refractivity contribution in [3.63, 3.8) is 0 Å². The number of likely N-dealkylation sites (N-methyl/N-ethyl adjacent to an activating group) is 1. The molecule has 0 aromatic heterocycles. The first kappa shape index (κ1) is 14.3. The molecule has 0 amide bonds. The van der Waals surface area contributed by atoms with Crippen LogP contribution in [0.3, 0.4) is 0 Å². The summed E-state index contributed by atoms with van der Waals surface area (Å²) >= 11 is 1.92. The van der Waals surface area contributed by atoms with E-state index in [-0.39, 0.29) is 0 Å². The highest BCUT2D eigenvalue weighted by Gasteiger charge is 2.16. The van der Waals surface area contributed by atoms with E-state index in [2.05, 4.69) is 32.1 Å². The Bertz CT molecular complexity index is 130. The van der Waals surface area contributed by atoms with Crippen LogP contribution in [0.25, 0.3) is 0 Å². The Labute approximate surface area is 93.6 Å². The number of hydrogen-bond donors (Lipinski definition) is 1. The smallest absolute Gasteiger partial charge is 0.0218 e. The monoisotopic (exact) mass is 218 g/mol. The zero-order valence-electron chi connectivity index (χ0n) is 10.1. The summed E-state index contributed by atoms with van der Waals surface area (Å²) in [6, 6.07) is 1.22. The molecule has 14 heavy (non-hydrogen) atoms. The first-order valence-corrected chi connectivity index (χ1v) is 6.97. The van der Waals surface area contributed by atoms with Crippen molar-refractivity contribution in [3.8, 4) is 0 Å². The molecular weight excluding hydrogens is 192 g/mol. The summed E-state index contributed by atoms with van der Waals surface area (Å²) in [6.45, 7) is 5.31. The maximum absolute atomic E-state index is 5.78. The third-order valence-corrected chi connectivity index (χ3v) is 3.55. The minimum Gasteiger partial charge on any atom is -0.329 e. The van der Waals surface area contributed by atoms with E-state index in [1.807, 2.05) is 11.8 Å². The largest absolute Gasteiger partial charge is 0.329 e. The van der Waals surface area contributed by atoms with Crippen molar-refractivity contribution in [1.29, 1.82) is 0 Å². The van der Waals surface area contributed by atoms with Crippen molar-refractivity contribution in [2.45, 2.75) is 45.2 Å². The van der Waals surface area contributed by atoms with Gasteiger partial charge in [0.1, 0.15) is 0 Å². The molecule has 0 fully saturated rings. The molecule has 0 aromatic rings. The van der Waals surface area contributed by atoms with Crippen molar-refractivity contribution in [2.75, 3.05) is 25.6 Å². The van der Waals surface area contributed by atoms with Gasteiger partial charge in [0.05, 0.1) is 0 Å². The highest BCUT2D eigenvalue weighted by Crippen LogP contribution is 2.12. The van der Waals surface area contributed by atoms with Crippen LogP contribution in [-0.2, 0) is 0 Å². The lowest BCUT2D eigenvalue weighted by molar-refractivity contribution is 0.175. The molecule has 0 aromatic carbocycles. The van der Waals surface area contributed by atoms with Crippen LogP contribution in [0, 0.1) is 0 Å². The molecule has 2 atom stereocenters. The summed E-state index contributed by atoms with van der Waals surface area (Å²) in [6.07, 6.45) is 5.87. The summed E-state index contributed by atoms with van der Waals surface area (Å²) in [5, 5.41) is 0. The summed E-state index contributed by atoms with van der Waals surface area (Å²) < 4.78 is 0. The average Bonchev–Trinajstić information content (AvgIpc) is 2.21. The van der Waals surface area contributed by atoms with Crippen LogP contribution in [0.5, 0.6) is 0 Å². The van der Waals surface area contributed by atoms with Gasteiger partial charge in [0.2, 0.25) is 0 Å². The minimum atomic E-state index is 0.567. The molecular formula is C11H26N2S. The van der Waals surface area contributed by atoms with Crippen LogP contribution in [-0.4, -0.2) is 42.6 Å². The molecule has 0 rings (SSSR count). The van der Waals surface area contributed by atoms with E-state index in [0.717, 1.165) is 6.54 Å². The van der Waals surface area contributed by atoms with Crippen LogP contribution in [0.4, 0.5) is 0 Å². The summed E-state index contributed by atoms with van der Waals surface area (Å²) in [4.78, 5) is 2.44. The van der Waals surface area contributed by atoms with Gasteiger partial charge in [-0.05, 0) is 38.8 Å². The predicted molar refractivity (Wildman–Crippen MR) is 68.0 cm³/mol. The van der Waals surface area contributed by atoms with Crippen molar-refractivity contribution in [3.05, 3.63) is 0 Å². The fourth-order valence-corrected chi connectivity index (χ4v) is 2.25. The van der Waals surface area contributed by atoms with Crippen molar-refractivity contribution in [2.24, 2.45) is 5.73 Å². The third-order valence-electron chi connectivity index (χ3n) is 2.90. The van der Waals surface area contributed by atoms with Crippen molar-refractivity contribution >= 4 is 11.8 Å². The Balaban J connectivity index is 3.91. The number of hydrogen-bond acceptors (Lipinski definition) is 3. The maximum Gasteiger partial charge on any atom is 0.0218 e. The second kappa shape index (κ2) is 8.57.